The molecule has 4 rings (SSSR count). The van der Waals surface area contributed by atoms with Crippen molar-refractivity contribution < 1.29 is 0 Å². The van der Waals surface area contributed by atoms with Gasteiger partial charge in [-0.3, -0.25) is 0 Å². The van der Waals surface area contributed by atoms with Crippen molar-refractivity contribution >= 4 is 23.4 Å². The molecule has 0 amide bonds. The molecule has 0 aromatic heterocycles. The topological polar surface area (TPSA) is 24.1 Å². The molecule has 2 nitrogen and oxygen atoms in total. The van der Waals surface area contributed by atoms with E-state index < -0.39 is 0 Å². The van der Waals surface area contributed by atoms with Gasteiger partial charge in [-0.05, 0) is 67.3 Å². The molecule has 1 aliphatic heterocycles. The molecule has 1 aliphatic carbocycles. The molecule has 0 saturated heterocycles. The Bertz CT molecular complexity index is 908. The first kappa shape index (κ1) is 16.1. The first-order valence-corrected chi connectivity index (χ1v) is 9.16. The predicted molar refractivity (Wildman–Crippen MR) is 108 cm³/mol. The number of nitrogens with one attached hydrogen (secondary N) is 2. The van der Waals surface area contributed by atoms with Crippen molar-refractivity contribution in [3.05, 3.63) is 87.6 Å². The van der Waals surface area contributed by atoms with Gasteiger partial charge in [0.15, 0.2) is 5.11 Å². The highest BCUT2D eigenvalue weighted by atomic mass is 32.1. The van der Waals surface area contributed by atoms with E-state index in [-0.39, 0.29) is 6.04 Å². The van der Waals surface area contributed by atoms with Crippen molar-refractivity contribution in [2.75, 3.05) is 0 Å². The maximum atomic E-state index is 5.49. The minimum absolute atomic E-state index is 0.173. The summed E-state index contributed by atoms with van der Waals surface area (Å²) in [6.07, 6.45) is 4.41. The van der Waals surface area contributed by atoms with Crippen molar-refractivity contribution in [2.24, 2.45) is 0 Å². The van der Waals surface area contributed by atoms with E-state index in [1.54, 1.807) is 0 Å². The van der Waals surface area contributed by atoms with Crippen molar-refractivity contribution in [2.45, 2.75) is 32.7 Å². The van der Waals surface area contributed by atoms with Gasteiger partial charge in [-0.1, -0.05) is 59.7 Å². The largest absolute Gasteiger partial charge is 0.352 e. The SMILES string of the molecule is Cc1cccc(/C=C2/CCC3=C2NC(=S)NC3c2cccc(C)c2)c1. The van der Waals surface area contributed by atoms with Crippen molar-refractivity contribution in [3.8, 4) is 0 Å². The molecule has 2 N–H and O–H groups in total. The van der Waals surface area contributed by atoms with Crippen LogP contribution in [-0.2, 0) is 0 Å². The van der Waals surface area contributed by atoms with E-state index in [1.807, 2.05) is 0 Å². The van der Waals surface area contributed by atoms with Crippen LogP contribution in [0.1, 0.15) is 41.1 Å². The number of rotatable bonds is 2. The van der Waals surface area contributed by atoms with E-state index in [2.05, 4.69) is 79.1 Å². The summed E-state index contributed by atoms with van der Waals surface area (Å²) in [5.41, 5.74) is 9.08. The Hall–Kier alpha value is -2.39. The average molecular weight is 346 g/mol. The number of benzene rings is 2. The summed E-state index contributed by atoms with van der Waals surface area (Å²) in [5, 5.41) is 7.58. The van der Waals surface area contributed by atoms with Crippen molar-refractivity contribution in [3.63, 3.8) is 0 Å². The lowest BCUT2D eigenvalue weighted by Crippen LogP contribution is -2.43. The molecule has 0 spiro atoms. The van der Waals surface area contributed by atoms with Gasteiger partial charge in [0.2, 0.25) is 0 Å². The number of aryl methyl sites for hydroxylation is 2. The Labute approximate surface area is 154 Å². The molecular formula is C22H22N2S. The number of hydrogen-bond donors (Lipinski definition) is 2. The molecular weight excluding hydrogens is 324 g/mol. The van der Waals surface area contributed by atoms with Crippen LogP contribution >= 0.6 is 12.2 Å². The molecule has 25 heavy (non-hydrogen) atoms. The summed E-state index contributed by atoms with van der Waals surface area (Å²) in [4.78, 5) is 0. The third-order valence-corrected chi connectivity index (χ3v) is 5.15. The van der Waals surface area contributed by atoms with E-state index >= 15 is 0 Å². The van der Waals surface area contributed by atoms with Gasteiger partial charge < -0.3 is 10.6 Å². The monoisotopic (exact) mass is 346 g/mol. The number of allylic oxidation sites excluding steroid dienone is 1. The first-order chi connectivity index (χ1) is 12.1. The summed E-state index contributed by atoms with van der Waals surface area (Å²) in [6, 6.07) is 17.5. The molecule has 2 aromatic carbocycles. The zero-order valence-electron chi connectivity index (χ0n) is 14.6. The minimum Gasteiger partial charge on any atom is -0.352 e. The standard InChI is InChI=1S/C22H22N2S/c1-14-5-3-7-16(11-14)13-18-9-10-19-20(23-22(25)24-21(18)19)17-8-4-6-15(2)12-17/h3-8,11-13,20H,9-10H2,1-2H3,(H2,23,24,25)/b18-13-. The van der Waals surface area contributed by atoms with E-state index in [1.165, 1.54) is 39.1 Å². The maximum absolute atomic E-state index is 5.49. The molecule has 0 radical (unpaired) electrons. The quantitative estimate of drug-likeness (QED) is 0.752. The third-order valence-electron chi connectivity index (χ3n) is 4.93. The van der Waals surface area contributed by atoms with Crippen LogP contribution in [-0.4, -0.2) is 5.11 Å². The average Bonchev–Trinajstić information content (AvgIpc) is 2.97. The molecule has 1 atom stereocenters. The number of hydrogen-bond acceptors (Lipinski definition) is 1. The zero-order valence-corrected chi connectivity index (χ0v) is 15.4. The summed E-state index contributed by atoms with van der Waals surface area (Å²) < 4.78 is 0. The number of thiocarbonyl (C=S) groups is 1. The van der Waals surface area contributed by atoms with Crippen LogP contribution in [0, 0.1) is 13.8 Å². The molecule has 2 aromatic rings. The van der Waals surface area contributed by atoms with Crippen LogP contribution in [0.15, 0.2) is 65.4 Å². The van der Waals surface area contributed by atoms with Crippen molar-refractivity contribution in [1.29, 1.82) is 0 Å². The Kier molecular flexibility index (Phi) is 4.18. The molecule has 2 aliphatic rings. The normalized spacial score (nSPS) is 21.1. The second-order valence-electron chi connectivity index (χ2n) is 6.93. The van der Waals surface area contributed by atoms with Gasteiger partial charge in [-0.2, -0.15) is 0 Å². The Morgan fingerprint density at radius 2 is 1.76 bits per heavy atom. The second-order valence-corrected chi connectivity index (χ2v) is 7.34. The third kappa shape index (κ3) is 3.24. The van der Waals surface area contributed by atoms with E-state index in [0.29, 0.717) is 5.11 Å². The molecule has 3 heteroatoms. The van der Waals surface area contributed by atoms with Crippen LogP contribution in [0.4, 0.5) is 0 Å². The summed E-state index contributed by atoms with van der Waals surface area (Å²) in [6.45, 7) is 4.27. The molecule has 1 unspecified atom stereocenters. The van der Waals surface area contributed by atoms with Crippen LogP contribution in [0.2, 0.25) is 0 Å². The molecule has 0 bridgehead atoms. The molecule has 0 saturated carbocycles. The lowest BCUT2D eigenvalue weighted by atomic mass is 9.95. The predicted octanol–water partition coefficient (Wildman–Crippen LogP) is 4.95. The van der Waals surface area contributed by atoms with Gasteiger partial charge in [0, 0.05) is 5.70 Å². The van der Waals surface area contributed by atoms with Crippen LogP contribution in [0.3, 0.4) is 0 Å². The van der Waals surface area contributed by atoms with Gasteiger partial charge in [0.1, 0.15) is 0 Å². The van der Waals surface area contributed by atoms with Gasteiger partial charge in [0.05, 0.1) is 6.04 Å². The van der Waals surface area contributed by atoms with Gasteiger partial charge in [-0.15, -0.1) is 0 Å². The van der Waals surface area contributed by atoms with Crippen molar-refractivity contribution in [1.82, 2.24) is 10.6 Å². The van der Waals surface area contributed by atoms with E-state index in [4.69, 9.17) is 12.2 Å². The highest BCUT2D eigenvalue weighted by Gasteiger charge is 2.31. The first-order valence-electron chi connectivity index (χ1n) is 8.75. The van der Waals surface area contributed by atoms with E-state index in [9.17, 15) is 0 Å². The Morgan fingerprint density at radius 1 is 1.00 bits per heavy atom. The second kappa shape index (κ2) is 6.49. The highest BCUT2D eigenvalue weighted by Crippen LogP contribution is 2.40. The van der Waals surface area contributed by atoms with Gasteiger partial charge in [0.25, 0.3) is 0 Å². The van der Waals surface area contributed by atoms with Crippen LogP contribution in [0.5, 0.6) is 0 Å². The Morgan fingerprint density at radius 3 is 2.52 bits per heavy atom. The zero-order chi connectivity index (χ0) is 17.4. The molecule has 0 fully saturated rings. The fourth-order valence-electron chi connectivity index (χ4n) is 3.78. The maximum Gasteiger partial charge on any atom is 0.171 e. The lowest BCUT2D eigenvalue weighted by Gasteiger charge is -2.29. The van der Waals surface area contributed by atoms with Crippen LogP contribution < -0.4 is 10.6 Å². The van der Waals surface area contributed by atoms with Crippen LogP contribution in [0.25, 0.3) is 6.08 Å². The highest BCUT2D eigenvalue weighted by molar-refractivity contribution is 7.80. The minimum atomic E-state index is 0.173. The molecule has 126 valence electrons. The van der Waals surface area contributed by atoms with E-state index in [0.717, 1.165) is 12.8 Å². The summed E-state index contributed by atoms with van der Waals surface area (Å²) in [7, 11) is 0. The summed E-state index contributed by atoms with van der Waals surface area (Å²) >= 11 is 5.49. The van der Waals surface area contributed by atoms with Gasteiger partial charge in [-0.25, -0.2) is 0 Å². The molecule has 1 heterocycles. The summed E-state index contributed by atoms with van der Waals surface area (Å²) in [5.74, 6) is 0. The smallest absolute Gasteiger partial charge is 0.171 e. The Balaban J connectivity index is 1.74. The lowest BCUT2D eigenvalue weighted by molar-refractivity contribution is 0.683. The fourth-order valence-corrected chi connectivity index (χ4v) is 4.00. The van der Waals surface area contributed by atoms with Gasteiger partial charge >= 0.3 is 0 Å². The fraction of sp³-hybridized carbons (Fsp3) is 0.227.